The van der Waals surface area contributed by atoms with Gasteiger partial charge in [-0.3, -0.25) is 9.69 Å². The van der Waals surface area contributed by atoms with E-state index in [1.165, 1.54) is 5.56 Å². The lowest BCUT2D eigenvalue weighted by Crippen LogP contribution is -2.49. The van der Waals surface area contributed by atoms with Crippen molar-refractivity contribution in [1.82, 2.24) is 15.3 Å². The number of aromatic nitrogens is 2. The number of hydrogen-bond acceptors (Lipinski definition) is 8. The molecule has 10 nitrogen and oxygen atoms in total. The van der Waals surface area contributed by atoms with Crippen molar-refractivity contribution in [1.29, 1.82) is 0 Å². The minimum atomic E-state index is -0.399. The SMILES string of the molecule is COc1ccc(C2CCC(CN(C(=O)C3CCC(OC(=O)NC4COC4)CC3)c3cc(-c4coc(C(C)C)n4)ccn3)CC2)cc1C. The van der Waals surface area contributed by atoms with Gasteiger partial charge >= 0.3 is 6.09 Å². The molecule has 2 amide bonds. The normalized spacial score (nSPS) is 23.2. The van der Waals surface area contributed by atoms with Crippen molar-refractivity contribution in [2.45, 2.75) is 96.1 Å². The van der Waals surface area contributed by atoms with Crippen LogP contribution in [0.4, 0.5) is 10.6 Å². The van der Waals surface area contributed by atoms with Crippen LogP contribution in [0.25, 0.3) is 11.3 Å². The van der Waals surface area contributed by atoms with Gasteiger partial charge in [0.15, 0.2) is 5.89 Å². The van der Waals surface area contributed by atoms with E-state index in [2.05, 4.69) is 35.4 Å². The maximum atomic E-state index is 14.3. The average Bonchev–Trinajstić information content (AvgIpc) is 3.57. The van der Waals surface area contributed by atoms with E-state index >= 15 is 0 Å². The molecule has 3 heterocycles. The molecule has 10 heteroatoms. The fourth-order valence-electron chi connectivity index (χ4n) is 7.12. The molecule has 0 radical (unpaired) electrons. The van der Waals surface area contributed by atoms with E-state index in [0.717, 1.165) is 48.3 Å². The Kier molecular flexibility index (Phi) is 10.4. The number of anilines is 1. The second-order valence-corrected chi connectivity index (χ2v) is 13.8. The summed E-state index contributed by atoms with van der Waals surface area (Å²) >= 11 is 0. The number of amides is 2. The van der Waals surface area contributed by atoms with Crippen molar-refractivity contribution < 1.29 is 28.2 Å². The van der Waals surface area contributed by atoms with Crippen molar-refractivity contribution in [3.05, 3.63) is 59.8 Å². The summed E-state index contributed by atoms with van der Waals surface area (Å²) in [4.78, 5) is 38.0. The molecule has 1 aromatic carbocycles. The zero-order valence-electron chi connectivity index (χ0n) is 28.1. The molecule has 3 aliphatic rings. The first-order valence-electron chi connectivity index (χ1n) is 17.2. The van der Waals surface area contributed by atoms with E-state index in [1.54, 1.807) is 19.6 Å². The molecule has 252 valence electrons. The highest BCUT2D eigenvalue weighted by atomic mass is 16.6. The molecule has 0 unspecified atom stereocenters. The summed E-state index contributed by atoms with van der Waals surface area (Å²) in [5, 5.41) is 2.84. The average molecular weight is 645 g/mol. The second kappa shape index (κ2) is 14.9. The molecule has 2 saturated carbocycles. The number of carbonyl (C=O) groups excluding carboxylic acids is 2. The maximum Gasteiger partial charge on any atom is 0.407 e. The van der Waals surface area contributed by atoms with Gasteiger partial charge in [-0.15, -0.1) is 0 Å². The number of nitrogens with one attached hydrogen (secondary N) is 1. The Bertz CT molecular complexity index is 1520. The quantitative estimate of drug-likeness (QED) is 0.247. The van der Waals surface area contributed by atoms with Crippen LogP contribution >= 0.6 is 0 Å². The Hall–Kier alpha value is -3.92. The third-order valence-corrected chi connectivity index (χ3v) is 10.0. The largest absolute Gasteiger partial charge is 0.496 e. The highest BCUT2D eigenvalue weighted by molar-refractivity contribution is 5.94. The highest BCUT2D eigenvalue weighted by Gasteiger charge is 2.35. The smallest absolute Gasteiger partial charge is 0.407 e. The lowest BCUT2D eigenvalue weighted by Gasteiger charge is -2.36. The van der Waals surface area contributed by atoms with E-state index in [4.69, 9.17) is 23.6 Å². The molecule has 3 fully saturated rings. The number of hydrogen-bond donors (Lipinski definition) is 1. The van der Waals surface area contributed by atoms with Gasteiger partial charge in [0.2, 0.25) is 5.91 Å². The van der Waals surface area contributed by atoms with Gasteiger partial charge in [0.05, 0.1) is 26.4 Å². The number of methoxy groups -OCH3 is 1. The number of pyridine rings is 1. The van der Waals surface area contributed by atoms with Crippen LogP contribution in [0, 0.1) is 18.8 Å². The predicted octanol–water partition coefficient (Wildman–Crippen LogP) is 7.17. The summed E-state index contributed by atoms with van der Waals surface area (Å²) < 4.78 is 22.0. The third kappa shape index (κ3) is 7.97. The van der Waals surface area contributed by atoms with Crippen molar-refractivity contribution >= 4 is 17.8 Å². The maximum absolute atomic E-state index is 14.3. The first kappa shape index (κ1) is 33.0. The van der Waals surface area contributed by atoms with E-state index in [1.807, 2.05) is 30.9 Å². The molecule has 6 rings (SSSR count). The van der Waals surface area contributed by atoms with Crippen LogP contribution < -0.4 is 15.0 Å². The number of nitrogens with zero attached hydrogens (tertiary/aromatic N) is 3. The molecule has 3 aromatic rings. The minimum Gasteiger partial charge on any atom is -0.496 e. The standard InChI is InChI=1S/C37H48N4O6/c1-23(2)35-40-32(22-46-35)29-15-16-38-34(18-29)41(19-25-5-7-26(8-6-25)28-11-14-33(44-4)24(3)17-28)36(42)27-9-12-31(13-10-27)47-37(43)39-30-20-45-21-30/h11,14-18,22-23,25-27,30-31H,5-10,12-13,19-21H2,1-4H3,(H,39,43). The summed E-state index contributed by atoms with van der Waals surface area (Å²) in [6, 6.07) is 10.4. The van der Waals surface area contributed by atoms with Gasteiger partial charge < -0.3 is 23.9 Å². The lowest BCUT2D eigenvalue weighted by atomic mass is 9.78. The summed E-state index contributed by atoms with van der Waals surface area (Å²) in [6.45, 7) is 7.88. The zero-order valence-corrected chi connectivity index (χ0v) is 28.1. The van der Waals surface area contributed by atoms with Crippen LogP contribution in [0.15, 0.2) is 47.2 Å². The predicted molar refractivity (Wildman–Crippen MR) is 179 cm³/mol. The third-order valence-electron chi connectivity index (χ3n) is 10.0. The molecule has 1 N–H and O–H groups in total. The van der Waals surface area contributed by atoms with Gasteiger partial charge in [-0.2, -0.15) is 0 Å². The molecule has 0 spiro atoms. The Morgan fingerprint density at radius 3 is 2.43 bits per heavy atom. The van der Waals surface area contributed by atoms with Crippen molar-refractivity contribution in [2.75, 3.05) is 31.8 Å². The van der Waals surface area contributed by atoms with Crippen LogP contribution in [0.1, 0.15) is 94.1 Å². The Balaban J connectivity index is 1.14. The molecule has 47 heavy (non-hydrogen) atoms. The fraction of sp³-hybridized carbons (Fsp3) is 0.568. The number of oxazole rings is 1. The lowest BCUT2D eigenvalue weighted by molar-refractivity contribution is -0.124. The summed E-state index contributed by atoms with van der Waals surface area (Å²) in [5.74, 6) is 3.26. The Morgan fingerprint density at radius 1 is 1.02 bits per heavy atom. The van der Waals surface area contributed by atoms with Crippen LogP contribution in [-0.4, -0.2) is 61.0 Å². The summed E-state index contributed by atoms with van der Waals surface area (Å²) in [5.41, 5.74) is 4.15. The molecule has 0 bridgehead atoms. The monoisotopic (exact) mass is 644 g/mol. The molecule has 1 aliphatic heterocycles. The van der Waals surface area contributed by atoms with Crippen LogP contribution in [0.3, 0.4) is 0 Å². The highest BCUT2D eigenvalue weighted by Crippen LogP contribution is 2.39. The van der Waals surface area contributed by atoms with E-state index < -0.39 is 6.09 Å². The number of carbonyl (C=O) groups is 2. The van der Waals surface area contributed by atoms with Crippen LogP contribution in [0.2, 0.25) is 0 Å². The first-order chi connectivity index (χ1) is 22.8. The molecular formula is C37H48N4O6. The van der Waals surface area contributed by atoms with E-state index in [-0.39, 0.29) is 29.9 Å². The second-order valence-electron chi connectivity index (χ2n) is 13.8. The Morgan fingerprint density at radius 2 is 1.79 bits per heavy atom. The number of ether oxygens (including phenoxy) is 3. The van der Waals surface area contributed by atoms with Crippen molar-refractivity contribution in [2.24, 2.45) is 11.8 Å². The topological polar surface area (TPSA) is 116 Å². The van der Waals surface area contributed by atoms with Gasteiger partial charge in [-0.05, 0) is 99.5 Å². The van der Waals surface area contributed by atoms with Crippen LogP contribution in [-0.2, 0) is 14.3 Å². The molecule has 2 aromatic heterocycles. The number of aryl methyl sites for hydroxylation is 1. The molecular weight excluding hydrogens is 596 g/mol. The molecule has 0 atom stereocenters. The van der Waals surface area contributed by atoms with E-state index in [9.17, 15) is 9.59 Å². The van der Waals surface area contributed by atoms with Gasteiger partial charge in [-0.1, -0.05) is 26.0 Å². The van der Waals surface area contributed by atoms with Gasteiger partial charge in [0.1, 0.15) is 29.6 Å². The first-order valence-corrected chi connectivity index (χ1v) is 17.2. The zero-order chi connectivity index (χ0) is 32.9. The van der Waals surface area contributed by atoms with Gasteiger partial charge in [-0.25, -0.2) is 14.8 Å². The van der Waals surface area contributed by atoms with Crippen LogP contribution in [0.5, 0.6) is 5.75 Å². The number of rotatable bonds is 10. The van der Waals surface area contributed by atoms with Gasteiger partial charge in [0.25, 0.3) is 0 Å². The Labute approximate surface area is 277 Å². The van der Waals surface area contributed by atoms with E-state index in [0.29, 0.717) is 69.0 Å². The summed E-state index contributed by atoms with van der Waals surface area (Å²) in [7, 11) is 1.71. The molecule has 2 aliphatic carbocycles. The van der Waals surface area contributed by atoms with Crippen molar-refractivity contribution in [3.63, 3.8) is 0 Å². The minimum absolute atomic E-state index is 0.0295. The number of benzene rings is 1. The van der Waals surface area contributed by atoms with Crippen molar-refractivity contribution in [3.8, 4) is 17.0 Å². The number of alkyl carbamates (subject to hydrolysis) is 1. The summed E-state index contributed by atoms with van der Waals surface area (Å²) in [6.07, 6.45) is 9.77. The molecule has 1 saturated heterocycles. The fourth-order valence-corrected chi connectivity index (χ4v) is 7.12. The van der Waals surface area contributed by atoms with Gasteiger partial charge in [0, 0.05) is 30.1 Å².